The van der Waals surface area contributed by atoms with Crippen LogP contribution in [0.4, 0.5) is 0 Å². The first-order valence-electron chi connectivity index (χ1n) is 6.65. The molecule has 0 atom stereocenters. The Hall–Kier alpha value is -1.62. The molecule has 0 aromatic carbocycles. The van der Waals surface area contributed by atoms with Gasteiger partial charge in [-0.3, -0.25) is 4.79 Å². The second kappa shape index (κ2) is 7.09. The van der Waals surface area contributed by atoms with Gasteiger partial charge in [0.25, 0.3) is 0 Å². The van der Waals surface area contributed by atoms with Gasteiger partial charge in [-0.05, 0) is 37.3 Å². The summed E-state index contributed by atoms with van der Waals surface area (Å²) in [6.45, 7) is 0.544. The zero-order chi connectivity index (χ0) is 13.5. The second-order valence-electron chi connectivity index (χ2n) is 4.74. The minimum atomic E-state index is -0.127. The molecule has 0 unspecified atom stereocenters. The van der Waals surface area contributed by atoms with E-state index in [1.165, 1.54) is 20.0 Å². The molecule has 5 nitrogen and oxygen atoms in total. The normalized spacial score (nSPS) is 15.4. The molecule has 1 saturated carbocycles. The van der Waals surface area contributed by atoms with E-state index in [1.807, 2.05) is 12.1 Å². The Morgan fingerprint density at radius 2 is 2.26 bits per heavy atom. The zero-order valence-corrected chi connectivity index (χ0v) is 11.2. The van der Waals surface area contributed by atoms with Gasteiger partial charge in [-0.2, -0.15) is 0 Å². The van der Waals surface area contributed by atoms with E-state index in [0.717, 1.165) is 18.4 Å². The van der Waals surface area contributed by atoms with Gasteiger partial charge in [-0.25, -0.2) is 4.98 Å². The lowest BCUT2D eigenvalue weighted by molar-refractivity contribution is -0.124. The van der Waals surface area contributed by atoms with Crippen LogP contribution >= 0.6 is 0 Å². The van der Waals surface area contributed by atoms with Crippen LogP contribution in [0, 0.1) is 0 Å². The number of nitrogens with zero attached hydrogens (tertiary/aromatic N) is 1. The van der Waals surface area contributed by atoms with Crippen LogP contribution in [0.15, 0.2) is 18.3 Å². The van der Waals surface area contributed by atoms with Crippen molar-refractivity contribution in [2.24, 2.45) is 0 Å². The van der Waals surface area contributed by atoms with Gasteiger partial charge < -0.3 is 14.8 Å². The van der Waals surface area contributed by atoms with E-state index in [0.29, 0.717) is 18.5 Å². The first-order valence-corrected chi connectivity index (χ1v) is 6.65. The minimum Gasteiger partial charge on any atom is -0.474 e. The maximum atomic E-state index is 11.3. The SMILES string of the molecule is COCC(=O)NCc1ccnc(OC2CCCC2)c1. The van der Waals surface area contributed by atoms with Crippen molar-refractivity contribution in [3.63, 3.8) is 0 Å². The molecular weight excluding hydrogens is 244 g/mol. The molecule has 1 aliphatic rings. The van der Waals surface area contributed by atoms with Crippen LogP contribution in [-0.4, -0.2) is 30.7 Å². The smallest absolute Gasteiger partial charge is 0.246 e. The lowest BCUT2D eigenvalue weighted by Gasteiger charge is -2.12. The van der Waals surface area contributed by atoms with Crippen molar-refractivity contribution in [3.8, 4) is 5.88 Å². The van der Waals surface area contributed by atoms with Crippen molar-refractivity contribution in [3.05, 3.63) is 23.9 Å². The van der Waals surface area contributed by atoms with Gasteiger partial charge in [0.2, 0.25) is 11.8 Å². The quantitative estimate of drug-likeness (QED) is 0.849. The largest absolute Gasteiger partial charge is 0.474 e. The Morgan fingerprint density at radius 1 is 1.47 bits per heavy atom. The zero-order valence-electron chi connectivity index (χ0n) is 11.2. The fraction of sp³-hybridized carbons (Fsp3) is 0.571. The van der Waals surface area contributed by atoms with Crippen molar-refractivity contribution in [1.82, 2.24) is 10.3 Å². The molecule has 0 aliphatic heterocycles. The number of hydrogen-bond acceptors (Lipinski definition) is 4. The first-order chi connectivity index (χ1) is 9.28. The summed E-state index contributed by atoms with van der Waals surface area (Å²) in [5, 5.41) is 2.77. The topological polar surface area (TPSA) is 60.5 Å². The molecule has 0 bridgehead atoms. The average molecular weight is 264 g/mol. The van der Waals surface area contributed by atoms with Crippen LogP contribution < -0.4 is 10.1 Å². The lowest BCUT2D eigenvalue weighted by Crippen LogP contribution is -2.26. The van der Waals surface area contributed by atoms with Gasteiger partial charge in [-0.1, -0.05) is 0 Å². The van der Waals surface area contributed by atoms with E-state index in [2.05, 4.69) is 10.3 Å². The summed E-state index contributed by atoms with van der Waals surface area (Å²) in [6.07, 6.45) is 6.69. The van der Waals surface area contributed by atoms with E-state index < -0.39 is 0 Å². The van der Waals surface area contributed by atoms with Crippen LogP contribution in [-0.2, 0) is 16.1 Å². The molecule has 0 radical (unpaired) electrons. The molecule has 1 amide bonds. The summed E-state index contributed by atoms with van der Waals surface area (Å²) in [7, 11) is 1.50. The van der Waals surface area contributed by atoms with Gasteiger partial charge in [0.1, 0.15) is 12.7 Å². The van der Waals surface area contributed by atoms with Crippen LogP contribution in [0.5, 0.6) is 5.88 Å². The predicted octanol–water partition coefficient (Wildman–Crippen LogP) is 1.67. The molecule has 1 heterocycles. The highest BCUT2D eigenvalue weighted by molar-refractivity contribution is 5.77. The fourth-order valence-corrected chi connectivity index (χ4v) is 2.18. The first kappa shape index (κ1) is 13.8. The van der Waals surface area contributed by atoms with Crippen molar-refractivity contribution in [2.75, 3.05) is 13.7 Å². The molecule has 0 saturated heterocycles. The van der Waals surface area contributed by atoms with E-state index in [-0.39, 0.29) is 12.5 Å². The summed E-state index contributed by atoms with van der Waals surface area (Å²) in [5.41, 5.74) is 0.979. The number of rotatable bonds is 6. The van der Waals surface area contributed by atoms with Crippen LogP contribution in [0.2, 0.25) is 0 Å². The van der Waals surface area contributed by atoms with Crippen LogP contribution in [0.3, 0.4) is 0 Å². The molecule has 1 aromatic heterocycles. The summed E-state index contributed by atoms with van der Waals surface area (Å²) < 4.78 is 10.6. The number of carbonyl (C=O) groups excluding carboxylic acids is 1. The van der Waals surface area contributed by atoms with Crippen LogP contribution in [0.25, 0.3) is 0 Å². The molecule has 104 valence electrons. The van der Waals surface area contributed by atoms with Gasteiger partial charge in [0, 0.05) is 25.9 Å². The van der Waals surface area contributed by atoms with Gasteiger partial charge >= 0.3 is 0 Å². The number of aromatic nitrogens is 1. The van der Waals surface area contributed by atoms with Gasteiger partial charge in [-0.15, -0.1) is 0 Å². The lowest BCUT2D eigenvalue weighted by atomic mass is 10.2. The van der Waals surface area contributed by atoms with E-state index in [9.17, 15) is 4.79 Å². The summed E-state index contributed by atoms with van der Waals surface area (Å²) in [6, 6.07) is 3.75. The molecule has 1 fully saturated rings. The van der Waals surface area contributed by atoms with Gasteiger partial charge in [0.05, 0.1) is 0 Å². The van der Waals surface area contributed by atoms with Crippen molar-refractivity contribution < 1.29 is 14.3 Å². The highest BCUT2D eigenvalue weighted by Gasteiger charge is 2.16. The Bertz CT molecular complexity index is 417. The van der Waals surface area contributed by atoms with Crippen molar-refractivity contribution in [1.29, 1.82) is 0 Å². The van der Waals surface area contributed by atoms with Crippen molar-refractivity contribution in [2.45, 2.75) is 38.3 Å². The molecule has 1 N–H and O–H groups in total. The Kier molecular flexibility index (Phi) is 5.15. The van der Waals surface area contributed by atoms with Crippen LogP contribution in [0.1, 0.15) is 31.2 Å². The number of hydrogen-bond donors (Lipinski definition) is 1. The van der Waals surface area contributed by atoms with Crippen molar-refractivity contribution >= 4 is 5.91 Å². The number of carbonyl (C=O) groups is 1. The highest BCUT2D eigenvalue weighted by Crippen LogP contribution is 2.23. The summed E-state index contributed by atoms with van der Waals surface area (Å²) in [5.74, 6) is 0.517. The molecule has 5 heteroatoms. The Labute approximate surface area is 113 Å². The number of ether oxygens (including phenoxy) is 2. The van der Waals surface area contributed by atoms with E-state index in [4.69, 9.17) is 9.47 Å². The number of methoxy groups -OCH3 is 1. The summed E-state index contributed by atoms with van der Waals surface area (Å²) >= 11 is 0. The summed E-state index contributed by atoms with van der Waals surface area (Å²) in [4.78, 5) is 15.5. The standard InChI is InChI=1S/C14H20N2O3/c1-18-10-13(17)16-9-11-6-7-15-14(8-11)19-12-4-2-3-5-12/h6-8,12H,2-5,9-10H2,1H3,(H,16,17). The maximum Gasteiger partial charge on any atom is 0.246 e. The molecule has 2 rings (SSSR count). The maximum absolute atomic E-state index is 11.3. The number of nitrogens with one attached hydrogen (secondary N) is 1. The van der Waals surface area contributed by atoms with Gasteiger partial charge in [0.15, 0.2) is 0 Å². The van der Waals surface area contributed by atoms with E-state index in [1.54, 1.807) is 6.20 Å². The Morgan fingerprint density at radius 3 is 3.00 bits per heavy atom. The Balaban J connectivity index is 1.85. The highest BCUT2D eigenvalue weighted by atomic mass is 16.5. The molecule has 0 spiro atoms. The third kappa shape index (κ3) is 4.52. The third-order valence-electron chi connectivity index (χ3n) is 3.15. The molecule has 19 heavy (non-hydrogen) atoms. The number of amides is 1. The average Bonchev–Trinajstić information content (AvgIpc) is 2.90. The minimum absolute atomic E-state index is 0.0799. The molecule has 1 aromatic rings. The molecular formula is C14H20N2O3. The molecule has 1 aliphatic carbocycles. The number of pyridine rings is 1. The third-order valence-corrected chi connectivity index (χ3v) is 3.15. The second-order valence-corrected chi connectivity index (χ2v) is 4.74. The monoisotopic (exact) mass is 264 g/mol. The predicted molar refractivity (Wildman–Crippen MR) is 70.8 cm³/mol. The fourth-order valence-electron chi connectivity index (χ4n) is 2.18. The van der Waals surface area contributed by atoms with E-state index >= 15 is 0 Å².